The lowest BCUT2D eigenvalue weighted by molar-refractivity contribution is -0.120. The molecular formula is C9H15ClN2O2S. The molecule has 1 heterocycles. The van der Waals surface area contributed by atoms with Crippen LogP contribution in [-0.4, -0.2) is 31.2 Å². The molecule has 15 heavy (non-hydrogen) atoms. The number of aliphatic hydroxyl groups is 1. The van der Waals surface area contributed by atoms with Gasteiger partial charge in [0.05, 0.1) is 12.6 Å². The minimum absolute atomic E-state index is 0. The van der Waals surface area contributed by atoms with Gasteiger partial charge in [-0.1, -0.05) is 0 Å². The van der Waals surface area contributed by atoms with Crippen molar-refractivity contribution in [1.82, 2.24) is 10.6 Å². The van der Waals surface area contributed by atoms with Gasteiger partial charge in [0, 0.05) is 6.54 Å². The molecule has 0 aliphatic rings. The molecule has 0 radical (unpaired) electrons. The van der Waals surface area contributed by atoms with Crippen LogP contribution < -0.4 is 10.6 Å². The molecule has 0 spiro atoms. The second-order valence-corrected chi connectivity index (χ2v) is 3.69. The summed E-state index contributed by atoms with van der Waals surface area (Å²) in [5.74, 6) is -0.109. The van der Waals surface area contributed by atoms with E-state index in [4.69, 9.17) is 0 Å². The first-order chi connectivity index (χ1) is 6.74. The van der Waals surface area contributed by atoms with E-state index in [1.807, 2.05) is 16.8 Å². The Morgan fingerprint density at radius 1 is 1.67 bits per heavy atom. The minimum Gasteiger partial charge on any atom is -0.387 e. The van der Waals surface area contributed by atoms with E-state index in [9.17, 15) is 9.90 Å². The summed E-state index contributed by atoms with van der Waals surface area (Å²) < 4.78 is 0. The number of hydrogen-bond acceptors (Lipinski definition) is 4. The van der Waals surface area contributed by atoms with Crippen molar-refractivity contribution in [3.8, 4) is 0 Å². The van der Waals surface area contributed by atoms with Crippen LogP contribution in [0.3, 0.4) is 0 Å². The van der Waals surface area contributed by atoms with Gasteiger partial charge in [-0.05, 0) is 29.4 Å². The summed E-state index contributed by atoms with van der Waals surface area (Å²) in [6.45, 7) is 0.535. The normalized spacial score (nSPS) is 11.6. The number of thiophene rings is 1. The Balaban J connectivity index is 0.00000196. The number of halogens is 1. The van der Waals surface area contributed by atoms with Crippen LogP contribution in [0.1, 0.15) is 11.7 Å². The smallest absolute Gasteiger partial charge is 0.234 e. The lowest BCUT2D eigenvalue weighted by atomic mass is 10.2. The third kappa shape index (κ3) is 5.13. The second-order valence-electron chi connectivity index (χ2n) is 2.91. The van der Waals surface area contributed by atoms with Crippen molar-refractivity contribution >= 4 is 29.7 Å². The monoisotopic (exact) mass is 250 g/mol. The zero-order valence-electron chi connectivity index (χ0n) is 8.40. The number of likely N-dealkylation sites (N-methyl/N-ethyl adjacent to an activating group) is 1. The van der Waals surface area contributed by atoms with Gasteiger partial charge in [-0.15, -0.1) is 12.4 Å². The first kappa shape index (κ1) is 14.4. The highest BCUT2D eigenvalue weighted by Gasteiger charge is 2.08. The number of nitrogens with one attached hydrogen (secondary N) is 2. The van der Waals surface area contributed by atoms with E-state index >= 15 is 0 Å². The number of aliphatic hydroxyl groups excluding tert-OH is 1. The van der Waals surface area contributed by atoms with Crippen molar-refractivity contribution in [2.75, 3.05) is 20.1 Å². The van der Waals surface area contributed by atoms with E-state index in [-0.39, 0.29) is 31.4 Å². The van der Waals surface area contributed by atoms with Gasteiger partial charge >= 0.3 is 0 Å². The predicted molar refractivity (Wildman–Crippen MR) is 63.5 cm³/mol. The molecular weight excluding hydrogens is 236 g/mol. The number of amides is 1. The van der Waals surface area contributed by atoms with Gasteiger partial charge in [0.2, 0.25) is 5.91 Å². The zero-order valence-corrected chi connectivity index (χ0v) is 10.0. The Hall–Kier alpha value is -0.620. The topological polar surface area (TPSA) is 61.4 Å². The summed E-state index contributed by atoms with van der Waals surface area (Å²) in [6, 6.07) is 1.85. The zero-order chi connectivity index (χ0) is 10.4. The Morgan fingerprint density at radius 3 is 2.93 bits per heavy atom. The summed E-state index contributed by atoms with van der Waals surface area (Å²) in [7, 11) is 1.70. The maximum Gasteiger partial charge on any atom is 0.234 e. The van der Waals surface area contributed by atoms with Crippen LogP contribution >= 0.6 is 23.7 Å². The van der Waals surface area contributed by atoms with Crippen LogP contribution in [-0.2, 0) is 4.79 Å². The molecule has 0 aliphatic carbocycles. The Morgan fingerprint density at radius 2 is 2.40 bits per heavy atom. The first-order valence-corrected chi connectivity index (χ1v) is 5.29. The standard InChI is InChI=1S/C9H14N2O2S.ClH/c1-10-5-9(13)11-4-8(12)7-2-3-14-6-7;/h2-3,6,8,10,12H,4-5H2,1H3,(H,11,13);1H. The fraction of sp³-hybridized carbons (Fsp3) is 0.444. The Labute approximate surface area is 99.1 Å². The highest BCUT2D eigenvalue weighted by Crippen LogP contribution is 2.14. The quantitative estimate of drug-likeness (QED) is 0.715. The van der Waals surface area contributed by atoms with Gasteiger partial charge in [-0.25, -0.2) is 0 Å². The fourth-order valence-electron chi connectivity index (χ4n) is 1.02. The molecule has 0 saturated heterocycles. The molecule has 1 aromatic heterocycles. The maximum atomic E-state index is 11.0. The Bertz CT molecular complexity index is 280. The van der Waals surface area contributed by atoms with Crippen LogP contribution in [0, 0.1) is 0 Å². The fourth-order valence-corrected chi connectivity index (χ4v) is 1.72. The molecule has 0 saturated carbocycles. The highest BCUT2D eigenvalue weighted by molar-refractivity contribution is 7.07. The van der Waals surface area contributed by atoms with Crippen molar-refractivity contribution in [2.45, 2.75) is 6.10 Å². The molecule has 3 N–H and O–H groups in total. The van der Waals surface area contributed by atoms with E-state index in [1.54, 1.807) is 7.05 Å². The predicted octanol–water partition coefficient (Wildman–Crippen LogP) is 0.539. The summed E-state index contributed by atoms with van der Waals surface area (Å²) >= 11 is 1.53. The molecule has 6 heteroatoms. The third-order valence-corrected chi connectivity index (χ3v) is 2.46. The molecule has 1 amide bonds. The molecule has 86 valence electrons. The van der Waals surface area contributed by atoms with E-state index < -0.39 is 6.10 Å². The Kier molecular flexibility index (Phi) is 7.33. The van der Waals surface area contributed by atoms with Gasteiger partial charge in [0.15, 0.2) is 0 Å². The van der Waals surface area contributed by atoms with E-state index in [1.165, 1.54) is 11.3 Å². The number of rotatable bonds is 5. The van der Waals surface area contributed by atoms with Gasteiger partial charge in [-0.2, -0.15) is 11.3 Å². The third-order valence-electron chi connectivity index (χ3n) is 1.76. The molecule has 0 aromatic carbocycles. The maximum absolute atomic E-state index is 11.0. The molecule has 1 unspecified atom stereocenters. The largest absolute Gasteiger partial charge is 0.387 e. The van der Waals surface area contributed by atoms with E-state index in [0.717, 1.165) is 5.56 Å². The van der Waals surface area contributed by atoms with Crippen molar-refractivity contribution in [3.05, 3.63) is 22.4 Å². The highest BCUT2D eigenvalue weighted by atomic mass is 35.5. The number of carbonyl (C=O) groups excluding carboxylic acids is 1. The van der Waals surface area contributed by atoms with Gasteiger partial charge < -0.3 is 15.7 Å². The van der Waals surface area contributed by atoms with Crippen LogP contribution in [0.15, 0.2) is 16.8 Å². The summed E-state index contributed by atoms with van der Waals surface area (Å²) in [4.78, 5) is 11.0. The first-order valence-electron chi connectivity index (χ1n) is 4.35. The number of carbonyl (C=O) groups is 1. The lowest BCUT2D eigenvalue weighted by Crippen LogP contribution is -2.34. The molecule has 1 aromatic rings. The SMILES string of the molecule is CNCC(=O)NCC(O)c1ccsc1.Cl. The van der Waals surface area contributed by atoms with Crippen LogP contribution in [0.2, 0.25) is 0 Å². The molecule has 0 fully saturated rings. The van der Waals surface area contributed by atoms with Crippen molar-refractivity contribution in [2.24, 2.45) is 0 Å². The molecule has 4 nitrogen and oxygen atoms in total. The molecule has 0 bridgehead atoms. The second kappa shape index (κ2) is 7.64. The van der Waals surface area contributed by atoms with Crippen molar-refractivity contribution in [1.29, 1.82) is 0 Å². The van der Waals surface area contributed by atoms with E-state index in [2.05, 4.69) is 10.6 Å². The number of hydrogen-bond donors (Lipinski definition) is 3. The van der Waals surface area contributed by atoms with Crippen LogP contribution in [0.5, 0.6) is 0 Å². The average molecular weight is 251 g/mol. The molecule has 1 rings (SSSR count). The summed E-state index contributed by atoms with van der Waals surface area (Å²) in [5.41, 5.74) is 0.847. The lowest BCUT2D eigenvalue weighted by Gasteiger charge is -2.10. The minimum atomic E-state index is -0.609. The van der Waals surface area contributed by atoms with Crippen molar-refractivity contribution < 1.29 is 9.90 Å². The molecule has 1 atom stereocenters. The molecule has 0 aliphatic heterocycles. The van der Waals surface area contributed by atoms with Crippen LogP contribution in [0.4, 0.5) is 0 Å². The van der Waals surface area contributed by atoms with Gasteiger partial charge in [-0.3, -0.25) is 4.79 Å². The van der Waals surface area contributed by atoms with Crippen molar-refractivity contribution in [3.63, 3.8) is 0 Å². The summed E-state index contributed by atoms with van der Waals surface area (Å²) in [5, 5.41) is 18.7. The van der Waals surface area contributed by atoms with Gasteiger partial charge in [0.25, 0.3) is 0 Å². The van der Waals surface area contributed by atoms with Gasteiger partial charge in [0.1, 0.15) is 0 Å². The van der Waals surface area contributed by atoms with E-state index in [0.29, 0.717) is 0 Å². The van der Waals surface area contributed by atoms with Crippen LogP contribution in [0.25, 0.3) is 0 Å². The average Bonchev–Trinajstić information content (AvgIpc) is 2.67. The summed E-state index contributed by atoms with van der Waals surface area (Å²) in [6.07, 6.45) is -0.609.